The minimum atomic E-state index is -1.17. The van der Waals surface area contributed by atoms with Crippen LogP contribution in [0.15, 0.2) is 12.1 Å². The van der Waals surface area contributed by atoms with E-state index in [1.807, 2.05) is 13.0 Å². The van der Waals surface area contributed by atoms with Crippen LogP contribution in [0.4, 0.5) is 0 Å². The van der Waals surface area contributed by atoms with Crippen LogP contribution in [-0.2, 0) is 0 Å². The maximum atomic E-state index is 9.84. The van der Waals surface area contributed by atoms with Gasteiger partial charge in [-0.25, -0.2) is 4.98 Å². The van der Waals surface area contributed by atoms with E-state index in [1.54, 1.807) is 6.07 Å². The molecule has 5 nitrogen and oxygen atoms in total. The molecule has 1 aromatic rings. The van der Waals surface area contributed by atoms with Gasteiger partial charge in [-0.3, -0.25) is 0 Å². The van der Waals surface area contributed by atoms with Gasteiger partial charge in [0.2, 0.25) is 0 Å². The molecule has 4 atom stereocenters. The Morgan fingerprint density at radius 1 is 1.33 bits per heavy atom. The summed E-state index contributed by atoms with van der Waals surface area (Å²) >= 11 is 3.34. The first-order chi connectivity index (χ1) is 8.49. The van der Waals surface area contributed by atoms with Gasteiger partial charge in [0.25, 0.3) is 0 Å². The molecule has 0 aromatic carbocycles. The molecule has 1 aliphatic heterocycles. The number of aromatic nitrogens is 1. The second kappa shape index (κ2) is 5.91. The minimum absolute atomic E-state index is 0.332. The summed E-state index contributed by atoms with van der Waals surface area (Å²) in [4.78, 5) is 4.26. The monoisotopic (exact) mass is 383 g/mol. The molecule has 100 valence electrons. The van der Waals surface area contributed by atoms with Crippen LogP contribution in [0.1, 0.15) is 5.69 Å². The quantitative estimate of drug-likeness (QED) is 0.511. The number of aryl methyl sites for hydroxylation is 1. The van der Waals surface area contributed by atoms with Crippen molar-refractivity contribution in [3.63, 3.8) is 0 Å². The van der Waals surface area contributed by atoms with Crippen LogP contribution in [0.5, 0.6) is 5.75 Å². The third-order valence-corrected chi connectivity index (χ3v) is 4.66. The number of ether oxygens (including phenoxy) is 1. The molecule has 0 unspecified atom stereocenters. The van der Waals surface area contributed by atoms with E-state index in [1.165, 1.54) is 11.8 Å². The first-order valence-electron chi connectivity index (χ1n) is 5.44. The van der Waals surface area contributed by atoms with Gasteiger partial charge in [0.05, 0.1) is 6.10 Å². The Morgan fingerprint density at radius 3 is 2.72 bits per heavy atom. The second-order valence-electron chi connectivity index (χ2n) is 4.11. The molecule has 0 radical (unpaired) electrons. The summed E-state index contributed by atoms with van der Waals surface area (Å²) in [5, 5.41) is 28.9. The molecule has 1 aliphatic rings. The molecule has 7 heteroatoms. The average Bonchev–Trinajstić information content (AvgIpc) is 2.33. The lowest BCUT2D eigenvalue weighted by Crippen LogP contribution is -2.50. The number of halogens is 1. The molecule has 0 amide bonds. The average molecular weight is 383 g/mol. The number of rotatable bonds is 2. The molecule has 0 aliphatic carbocycles. The van der Waals surface area contributed by atoms with Crippen molar-refractivity contribution in [3.05, 3.63) is 21.5 Å². The Morgan fingerprint density at radius 2 is 2.06 bits per heavy atom. The molecule has 0 saturated carbocycles. The lowest BCUT2D eigenvalue weighted by atomic mass is 10.1. The van der Waals surface area contributed by atoms with Crippen molar-refractivity contribution in [2.45, 2.75) is 30.7 Å². The molecule has 3 N–H and O–H groups in total. The number of aliphatic hydroxyl groups is 3. The second-order valence-corrected chi connectivity index (χ2v) is 6.26. The van der Waals surface area contributed by atoms with Gasteiger partial charge in [-0.05, 0) is 41.6 Å². The Labute approximate surface area is 123 Å². The maximum absolute atomic E-state index is 9.84. The maximum Gasteiger partial charge on any atom is 0.173 e. The van der Waals surface area contributed by atoms with Gasteiger partial charge in [0.1, 0.15) is 15.9 Å². The fourth-order valence-corrected chi connectivity index (χ4v) is 3.41. The number of hydrogen-bond acceptors (Lipinski definition) is 6. The predicted molar refractivity (Wildman–Crippen MR) is 76.6 cm³/mol. The Hall–Kier alpha value is -0.0900. The largest absolute Gasteiger partial charge is 0.474 e. The molecular weight excluding hydrogens is 369 g/mol. The summed E-state index contributed by atoms with van der Waals surface area (Å²) in [6.45, 7) is 1.89. The van der Waals surface area contributed by atoms with Crippen LogP contribution in [0.3, 0.4) is 0 Å². The van der Waals surface area contributed by atoms with E-state index in [2.05, 4.69) is 27.6 Å². The highest BCUT2D eigenvalue weighted by Gasteiger charge is 2.38. The molecule has 1 fully saturated rings. The van der Waals surface area contributed by atoms with Crippen LogP contribution in [0.2, 0.25) is 0 Å². The third-order valence-electron chi connectivity index (χ3n) is 2.65. The van der Waals surface area contributed by atoms with Gasteiger partial charge < -0.3 is 20.1 Å². The van der Waals surface area contributed by atoms with Crippen LogP contribution in [0.25, 0.3) is 0 Å². The Balaban J connectivity index is 2.09. The van der Waals surface area contributed by atoms with E-state index in [9.17, 15) is 15.3 Å². The number of pyridine rings is 1. The molecule has 0 bridgehead atoms. The number of aliphatic hydroxyl groups excluding tert-OH is 3. The number of nitrogens with zero attached hydrogens (tertiary/aromatic N) is 1. The van der Waals surface area contributed by atoms with Crippen LogP contribution in [-0.4, -0.2) is 49.8 Å². The van der Waals surface area contributed by atoms with Crippen LogP contribution in [0, 0.1) is 10.6 Å². The SMILES string of the molecule is Cc1ccc(O[C@H]2SC[C@@H](O)[C@H](O)[C@H]2O)c(I)n1. The van der Waals surface area contributed by atoms with Gasteiger partial charge in [-0.2, -0.15) is 0 Å². The van der Waals surface area contributed by atoms with Gasteiger partial charge in [-0.1, -0.05) is 0 Å². The molecule has 1 saturated heterocycles. The van der Waals surface area contributed by atoms with E-state index in [-0.39, 0.29) is 0 Å². The van der Waals surface area contributed by atoms with Crippen LogP contribution < -0.4 is 4.74 Å². The highest BCUT2D eigenvalue weighted by molar-refractivity contribution is 14.1. The lowest BCUT2D eigenvalue weighted by molar-refractivity contribution is -0.0787. The molecule has 2 rings (SSSR count). The van der Waals surface area contributed by atoms with E-state index in [4.69, 9.17) is 4.74 Å². The van der Waals surface area contributed by atoms with Crippen molar-refractivity contribution < 1.29 is 20.1 Å². The summed E-state index contributed by atoms with van der Waals surface area (Å²) < 4.78 is 6.35. The zero-order valence-corrected chi connectivity index (χ0v) is 12.6. The predicted octanol–water partition coefficient (Wildman–Crippen LogP) is 0.529. The third kappa shape index (κ3) is 3.08. The summed E-state index contributed by atoms with van der Waals surface area (Å²) in [7, 11) is 0. The Bertz CT molecular complexity index is 434. The van der Waals surface area contributed by atoms with Crippen molar-refractivity contribution >= 4 is 34.4 Å². The molecule has 18 heavy (non-hydrogen) atoms. The Kier molecular flexibility index (Phi) is 4.70. The van der Waals surface area contributed by atoms with Crippen molar-refractivity contribution in [2.24, 2.45) is 0 Å². The van der Waals surface area contributed by atoms with E-state index in [0.717, 1.165) is 5.69 Å². The molecule has 1 aromatic heterocycles. The minimum Gasteiger partial charge on any atom is -0.474 e. The topological polar surface area (TPSA) is 82.8 Å². The normalized spacial score (nSPS) is 32.3. The summed E-state index contributed by atoms with van der Waals surface area (Å²) in [5.74, 6) is 0.903. The number of thioether (sulfide) groups is 1. The number of hydrogen-bond donors (Lipinski definition) is 3. The van der Waals surface area contributed by atoms with E-state index < -0.39 is 23.7 Å². The van der Waals surface area contributed by atoms with Crippen LogP contribution >= 0.6 is 34.4 Å². The zero-order chi connectivity index (χ0) is 13.3. The van der Waals surface area contributed by atoms with Gasteiger partial charge in [-0.15, -0.1) is 11.8 Å². The zero-order valence-electron chi connectivity index (χ0n) is 9.65. The van der Waals surface area contributed by atoms with Crippen molar-refractivity contribution in [3.8, 4) is 5.75 Å². The van der Waals surface area contributed by atoms with Crippen molar-refractivity contribution in [1.29, 1.82) is 0 Å². The van der Waals surface area contributed by atoms with Crippen molar-refractivity contribution in [1.82, 2.24) is 4.98 Å². The standard InChI is InChI=1S/C11H14INO4S/c1-5-2-3-7(10(12)13-5)17-11-9(16)8(15)6(14)4-18-11/h2-3,6,8-9,11,14-16H,4H2,1H3/t6-,8+,9-,11+/m1/s1. The van der Waals surface area contributed by atoms with Gasteiger partial charge in [0.15, 0.2) is 11.2 Å². The summed E-state index contributed by atoms with van der Waals surface area (Å²) in [5.41, 5.74) is 0.292. The molecule has 2 heterocycles. The summed E-state index contributed by atoms with van der Waals surface area (Å²) in [6, 6.07) is 3.61. The van der Waals surface area contributed by atoms with E-state index >= 15 is 0 Å². The molecule has 0 spiro atoms. The highest BCUT2D eigenvalue weighted by atomic mass is 127. The van der Waals surface area contributed by atoms with E-state index in [0.29, 0.717) is 15.2 Å². The van der Waals surface area contributed by atoms with Crippen molar-refractivity contribution in [2.75, 3.05) is 5.75 Å². The van der Waals surface area contributed by atoms with Gasteiger partial charge >= 0.3 is 0 Å². The first-order valence-corrected chi connectivity index (χ1v) is 7.57. The highest BCUT2D eigenvalue weighted by Crippen LogP contribution is 2.30. The first kappa shape index (κ1) is 14.3. The fraction of sp³-hybridized carbons (Fsp3) is 0.545. The lowest BCUT2D eigenvalue weighted by Gasteiger charge is -2.34. The van der Waals surface area contributed by atoms with Gasteiger partial charge in [0, 0.05) is 11.4 Å². The smallest absolute Gasteiger partial charge is 0.173 e. The molecular formula is C11H14INO4S. The summed E-state index contributed by atoms with van der Waals surface area (Å²) in [6.07, 6.45) is -3.21. The fourth-order valence-electron chi connectivity index (χ4n) is 1.61.